The van der Waals surface area contributed by atoms with E-state index in [1.807, 2.05) is 30.3 Å². The van der Waals surface area contributed by atoms with E-state index in [2.05, 4.69) is 15.6 Å². The van der Waals surface area contributed by atoms with Crippen LogP contribution in [0.1, 0.15) is 55.7 Å². The van der Waals surface area contributed by atoms with Crippen molar-refractivity contribution in [2.45, 2.75) is 33.2 Å². The van der Waals surface area contributed by atoms with Gasteiger partial charge in [0.2, 0.25) is 0 Å². The molecule has 3 N–H and O–H groups in total. The zero-order chi connectivity index (χ0) is 27.4. The topological polar surface area (TPSA) is 127 Å². The Balaban J connectivity index is 1.63. The highest BCUT2D eigenvalue weighted by Crippen LogP contribution is 2.35. The minimum Gasteiger partial charge on any atom is -0.467 e. The molecule has 0 unspecified atom stereocenters. The Morgan fingerprint density at radius 2 is 1.82 bits per heavy atom. The second-order valence-corrected chi connectivity index (χ2v) is 8.90. The Kier molecular flexibility index (Phi) is 7.76. The van der Waals surface area contributed by atoms with Crippen LogP contribution in [-0.2, 0) is 25.5 Å². The van der Waals surface area contributed by atoms with E-state index in [1.165, 1.54) is 7.11 Å². The molecule has 9 heteroatoms. The number of rotatable bonds is 8. The van der Waals surface area contributed by atoms with Crippen molar-refractivity contribution in [3.05, 3.63) is 87.7 Å². The number of aromatic nitrogens is 1. The van der Waals surface area contributed by atoms with Crippen molar-refractivity contribution < 1.29 is 28.7 Å². The second kappa shape index (κ2) is 11.2. The van der Waals surface area contributed by atoms with Gasteiger partial charge in [0.1, 0.15) is 6.04 Å². The molecule has 2 amide bonds. The van der Waals surface area contributed by atoms with E-state index in [1.54, 1.807) is 45.0 Å². The summed E-state index contributed by atoms with van der Waals surface area (Å²) < 4.78 is 10.0. The fourth-order valence-corrected chi connectivity index (χ4v) is 4.47. The zero-order valence-electron chi connectivity index (χ0n) is 21.6. The molecule has 0 spiro atoms. The van der Waals surface area contributed by atoms with Crippen LogP contribution in [0.3, 0.4) is 0 Å². The molecule has 0 bridgehead atoms. The Morgan fingerprint density at radius 3 is 2.50 bits per heavy atom. The Labute approximate surface area is 220 Å². The number of amides is 2. The number of hydrogen-bond donors (Lipinski definition) is 3. The predicted octanol–water partition coefficient (Wildman–Crippen LogP) is 3.82. The van der Waals surface area contributed by atoms with E-state index in [9.17, 15) is 19.2 Å². The van der Waals surface area contributed by atoms with Crippen LogP contribution in [-0.4, -0.2) is 48.5 Å². The molecular formula is C29H29N3O6. The lowest BCUT2D eigenvalue weighted by Crippen LogP contribution is -2.43. The lowest BCUT2D eigenvalue weighted by molar-refractivity contribution is -0.142. The van der Waals surface area contributed by atoms with Crippen molar-refractivity contribution in [3.63, 3.8) is 0 Å². The average molecular weight is 516 g/mol. The molecule has 1 aliphatic heterocycles. The molecule has 2 heterocycles. The summed E-state index contributed by atoms with van der Waals surface area (Å²) in [7, 11) is 1.27. The normalized spacial score (nSPS) is 14.0. The van der Waals surface area contributed by atoms with E-state index in [0.717, 1.165) is 5.56 Å². The lowest BCUT2D eigenvalue weighted by atomic mass is 10.0. The number of aromatic amines is 1. The largest absolute Gasteiger partial charge is 0.467 e. The first-order chi connectivity index (χ1) is 18.2. The molecule has 9 nitrogen and oxygen atoms in total. The number of anilines is 1. The fourth-order valence-electron chi connectivity index (χ4n) is 4.47. The quantitative estimate of drug-likeness (QED) is 0.309. The van der Waals surface area contributed by atoms with Crippen molar-refractivity contribution >= 4 is 41.1 Å². The van der Waals surface area contributed by atoms with Gasteiger partial charge in [0.05, 0.1) is 24.9 Å². The molecule has 0 radical (unpaired) electrons. The van der Waals surface area contributed by atoms with E-state index in [4.69, 9.17) is 9.47 Å². The molecule has 1 aliphatic rings. The highest BCUT2D eigenvalue weighted by atomic mass is 16.5. The minimum atomic E-state index is -0.885. The predicted molar refractivity (Wildman–Crippen MR) is 143 cm³/mol. The second-order valence-electron chi connectivity index (χ2n) is 8.90. The Bertz CT molecular complexity index is 1440. The molecule has 2 aromatic carbocycles. The Morgan fingerprint density at radius 1 is 1.08 bits per heavy atom. The van der Waals surface area contributed by atoms with Crippen LogP contribution < -0.4 is 10.6 Å². The molecular weight excluding hydrogens is 486 g/mol. The highest BCUT2D eigenvalue weighted by Gasteiger charge is 2.28. The van der Waals surface area contributed by atoms with Crippen molar-refractivity contribution in [3.8, 4) is 0 Å². The van der Waals surface area contributed by atoms with Gasteiger partial charge in [-0.1, -0.05) is 30.3 Å². The first kappa shape index (κ1) is 26.4. The first-order valence-electron chi connectivity index (χ1n) is 12.2. The van der Waals surface area contributed by atoms with Gasteiger partial charge in [-0.25, -0.2) is 9.59 Å². The van der Waals surface area contributed by atoms with Gasteiger partial charge in [-0.15, -0.1) is 0 Å². The van der Waals surface area contributed by atoms with Crippen LogP contribution in [0.25, 0.3) is 11.6 Å². The maximum atomic E-state index is 13.1. The van der Waals surface area contributed by atoms with E-state index < -0.39 is 23.9 Å². The number of aryl methyl sites for hydroxylation is 1. The minimum absolute atomic E-state index is 0.252. The van der Waals surface area contributed by atoms with Gasteiger partial charge >= 0.3 is 11.9 Å². The van der Waals surface area contributed by atoms with Gasteiger partial charge in [-0.3, -0.25) is 9.59 Å². The molecule has 1 aromatic heterocycles. The summed E-state index contributed by atoms with van der Waals surface area (Å²) in [6.07, 6.45) is 1.92. The fraction of sp³-hybridized carbons (Fsp3) is 0.241. The first-order valence-corrected chi connectivity index (χ1v) is 12.2. The van der Waals surface area contributed by atoms with Crippen molar-refractivity contribution in [2.75, 3.05) is 19.0 Å². The maximum Gasteiger partial charge on any atom is 0.340 e. The van der Waals surface area contributed by atoms with Crippen LogP contribution in [0.4, 0.5) is 5.69 Å². The summed E-state index contributed by atoms with van der Waals surface area (Å²) in [5, 5.41) is 5.55. The summed E-state index contributed by atoms with van der Waals surface area (Å²) in [6.45, 7) is 5.53. The molecule has 0 fully saturated rings. The van der Waals surface area contributed by atoms with Gasteiger partial charge in [-0.2, -0.15) is 0 Å². The third kappa shape index (κ3) is 5.36. The number of carbonyl (C=O) groups is 4. The van der Waals surface area contributed by atoms with Crippen molar-refractivity contribution in [2.24, 2.45) is 0 Å². The van der Waals surface area contributed by atoms with Gasteiger partial charge in [0.25, 0.3) is 11.8 Å². The number of esters is 2. The van der Waals surface area contributed by atoms with Crippen LogP contribution in [0.5, 0.6) is 0 Å². The van der Waals surface area contributed by atoms with Gasteiger partial charge < -0.3 is 25.1 Å². The smallest absolute Gasteiger partial charge is 0.340 e. The van der Waals surface area contributed by atoms with Crippen molar-refractivity contribution in [1.82, 2.24) is 10.3 Å². The molecule has 196 valence electrons. The SMILES string of the molecule is CCOC(=O)c1c(C)[nH]c(/C=C2\C(=O)Nc3ccc(C(=O)N[C@@H](Cc4ccccc4)C(=O)OC)cc32)c1C. The van der Waals surface area contributed by atoms with E-state index in [-0.39, 0.29) is 24.5 Å². The van der Waals surface area contributed by atoms with E-state index in [0.29, 0.717) is 39.3 Å². The molecule has 0 saturated carbocycles. The number of nitrogens with one attached hydrogen (secondary N) is 3. The molecule has 0 saturated heterocycles. The number of H-pyrrole nitrogens is 1. The molecule has 1 atom stereocenters. The Hall–Kier alpha value is -4.66. The number of fused-ring (bicyclic) bond motifs is 1. The third-order valence-electron chi connectivity index (χ3n) is 6.38. The highest BCUT2D eigenvalue weighted by molar-refractivity contribution is 6.35. The summed E-state index contributed by atoms with van der Waals surface area (Å²) in [5.41, 5.74) is 4.88. The van der Waals surface area contributed by atoms with Gasteiger partial charge in [-0.05, 0) is 56.2 Å². The maximum absolute atomic E-state index is 13.1. The monoisotopic (exact) mass is 515 g/mol. The zero-order valence-corrected chi connectivity index (χ0v) is 21.6. The van der Waals surface area contributed by atoms with Crippen molar-refractivity contribution in [1.29, 1.82) is 0 Å². The van der Waals surface area contributed by atoms with E-state index >= 15 is 0 Å². The number of ether oxygens (including phenoxy) is 2. The standard InChI is InChI=1S/C29H29N3O6/c1-5-38-29(36)25-16(2)23(30-17(25)3)15-21-20-14-19(11-12-22(20)31-27(21)34)26(33)32-24(28(35)37-4)13-18-9-7-6-8-10-18/h6-12,14-15,24,30H,5,13H2,1-4H3,(H,31,34)(H,32,33)/b21-15-/t24-/m0/s1. The molecule has 4 rings (SSSR count). The van der Waals surface area contributed by atoms with Gasteiger partial charge in [0, 0.05) is 34.6 Å². The number of benzene rings is 2. The molecule has 3 aromatic rings. The summed E-state index contributed by atoms with van der Waals surface area (Å²) >= 11 is 0. The van der Waals surface area contributed by atoms with Crippen LogP contribution in [0.2, 0.25) is 0 Å². The van der Waals surface area contributed by atoms with Gasteiger partial charge in [0.15, 0.2) is 0 Å². The lowest BCUT2D eigenvalue weighted by Gasteiger charge is -2.17. The number of methoxy groups -OCH3 is 1. The third-order valence-corrected chi connectivity index (χ3v) is 6.38. The summed E-state index contributed by atoms with van der Waals surface area (Å²) in [4.78, 5) is 53.9. The average Bonchev–Trinajstić information content (AvgIpc) is 3.37. The van der Waals surface area contributed by atoms with Crippen LogP contribution in [0, 0.1) is 13.8 Å². The van der Waals surface area contributed by atoms with Crippen LogP contribution in [0.15, 0.2) is 48.5 Å². The molecule has 38 heavy (non-hydrogen) atoms. The number of hydrogen-bond acceptors (Lipinski definition) is 6. The summed E-state index contributed by atoms with van der Waals surface area (Å²) in [5.74, 6) is -1.81. The van der Waals surface area contributed by atoms with Crippen LogP contribution >= 0.6 is 0 Å². The molecule has 0 aliphatic carbocycles. The number of carbonyl (C=O) groups excluding carboxylic acids is 4. The summed E-state index contributed by atoms with van der Waals surface area (Å²) in [6, 6.07) is 13.2.